The highest BCUT2D eigenvalue weighted by Gasteiger charge is 2.23. The van der Waals surface area contributed by atoms with Crippen LogP contribution < -0.4 is 15.8 Å². The minimum atomic E-state index is -0.225. The maximum atomic E-state index is 11.2. The number of piperidine rings is 1. The van der Waals surface area contributed by atoms with Crippen molar-refractivity contribution in [1.82, 2.24) is 10.2 Å². The molecular formula is C18H28BrIN4O2. The molecular weight excluding hydrogens is 511 g/mol. The number of benzene rings is 1. The van der Waals surface area contributed by atoms with Gasteiger partial charge in [0.15, 0.2) is 5.96 Å². The van der Waals surface area contributed by atoms with E-state index in [-0.39, 0.29) is 29.9 Å². The predicted octanol–water partition coefficient (Wildman–Crippen LogP) is 3.00. The van der Waals surface area contributed by atoms with Crippen LogP contribution in [0.15, 0.2) is 33.7 Å². The Labute approximate surface area is 181 Å². The average molecular weight is 539 g/mol. The number of hydrogen-bond acceptors (Lipinski definition) is 3. The third kappa shape index (κ3) is 8.11. The van der Waals surface area contributed by atoms with Gasteiger partial charge < -0.3 is 20.7 Å². The topological polar surface area (TPSA) is 80.0 Å². The molecule has 0 spiro atoms. The van der Waals surface area contributed by atoms with Crippen LogP contribution in [0.1, 0.15) is 26.2 Å². The Morgan fingerprint density at radius 1 is 1.42 bits per heavy atom. The van der Waals surface area contributed by atoms with Crippen LogP contribution in [0.25, 0.3) is 0 Å². The van der Waals surface area contributed by atoms with Crippen molar-refractivity contribution < 1.29 is 9.53 Å². The van der Waals surface area contributed by atoms with E-state index in [1.54, 1.807) is 0 Å². The molecule has 0 saturated carbocycles. The van der Waals surface area contributed by atoms with Gasteiger partial charge in [-0.3, -0.25) is 4.79 Å². The van der Waals surface area contributed by atoms with Gasteiger partial charge in [-0.1, -0.05) is 15.9 Å². The molecule has 1 saturated heterocycles. The van der Waals surface area contributed by atoms with Crippen LogP contribution in [0.4, 0.5) is 0 Å². The van der Waals surface area contributed by atoms with E-state index >= 15 is 0 Å². The van der Waals surface area contributed by atoms with Crippen molar-refractivity contribution in [2.75, 3.05) is 32.8 Å². The summed E-state index contributed by atoms with van der Waals surface area (Å²) >= 11 is 3.41. The van der Waals surface area contributed by atoms with Crippen LogP contribution in [0, 0.1) is 5.92 Å². The number of likely N-dealkylation sites (tertiary alicyclic amines) is 1. The van der Waals surface area contributed by atoms with Gasteiger partial charge >= 0.3 is 0 Å². The normalized spacial score (nSPS) is 17.4. The molecule has 0 aromatic heterocycles. The second-order valence-corrected chi connectivity index (χ2v) is 7.08. The maximum Gasteiger partial charge on any atom is 0.217 e. The standard InChI is InChI=1S/C18H27BrN4O2.HI/c1-2-21-18(23-10-3-4-14(13-23)12-17(20)24)22-9-11-25-16-7-5-15(19)6-8-16;/h5-8,14H,2-4,9-13H2,1H3,(H2,20,24)(H,21,22);1H. The first-order chi connectivity index (χ1) is 12.1. The van der Waals surface area contributed by atoms with Crippen molar-refractivity contribution in [3.63, 3.8) is 0 Å². The van der Waals surface area contributed by atoms with Crippen molar-refractivity contribution >= 4 is 51.8 Å². The molecule has 0 radical (unpaired) electrons. The number of carbonyl (C=O) groups is 1. The molecule has 1 heterocycles. The molecule has 8 heteroatoms. The number of nitrogens with one attached hydrogen (secondary N) is 1. The molecule has 6 nitrogen and oxygen atoms in total. The monoisotopic (exact) mass is 538 g/mol. The molecule has 1 fully saturated rings. The summed E-state index contributed by atoms with van der Waals surface area (Å²) < 4.78 is 6.75. The van der Waals surface area contributed by atoms with Crippen LogP contribution in [-0.4, -0.2) is 49.6 Å². The minimum Gasteiger partial charge on any atom is -0.492 e. The van der Waals surface area contributed by atoms with Gasteiger partial charge in [-0.2, -0.15) is 0 Å². The smallest absolute Gasteiger partial charge is 0.217 e. The van der Waals surface area contributed by atoms with Crippen molar-refractivity contribution in [2.24, 2.45) is 16.6 Å². The Kier molecular flexibility index (Phi) is 11.0. The molecule has 1 aliphatic rings. The highest BCUT2D eigenvalue weighted by Crippen LogP contribution is 2.19. The lowest BCUT2D eigenvalue weighted by atomic mass is 9.95. The van der Waals surface area contributed by atoms with Crippen molar-refractivity contribution in [2.45, 2.75) is 26.2 Å². The lowest BCUT2D eigenvalue weighted by Crippen LogP contribution is -2.47. The van der Waals surface area contributed by atoms with E-state index in [1.165, 1.54) is 0 Å². The van der Waals surface area contributed by atoms with Crippen molar-refractivity contribution in [3.05, 3.63) is 28.7 Å². The molecule has 1 aromatic rings. The van der Waals surface area contributed by atoms with E-state index in [0.29, 0.717) is 25.5 Å². The summed E-state index contributed by atoms with van der Waals surface area (Å²) in [5, 5.41) is 3.33. The van der Waals surface area contributed by atoms with E-state index in [2.05, 4.69) is 38.1 Å². The fourth-order valence-electron chi connectivity index (χ4n) is 2.98. The number of halogens is 2. The zero-order chi connectivity index (χ0) is 18.1. The molecule has 146 valence electrons. The summed E-state index contributed by atoms with van der Waals surface area (Å²) in [5.74, 6) is 1.81. The van der Waals surface area contributed by atoms with Crippen molar-refractivity contribution in [1.29, 1.82) is 0 Å². The molecule has 2 rings (SSSR count). The fourth-order valence-corrected chi connectivity index (χ4v) is 3.24. The third-order valence-electron chi connectivity index (χ3n) is 4.08. The van der Waals surface area contributed by atoms with Crippen LogP contribution in [0.2, 0.25) is 0 Å². The molecule has 1 aliphatic heterocycles. The number of nitrogens with two attached hydrogens (primary N) is 1. The van der Waals surface area contributed by atoms with Gasteiger partial charge in [0, 0.05) is 30.5 Å². The van der Waals surface area contributed by atoms with Crippen LogP contribution in [0.5, 0.6) is 5.75 Å². The van der Waals surface area contributed by atoms with Gasteiger partial charge in [-0.25, -0.2) is 4.99 Å². The molecule has 0 bridgehead atoms. The number of ether oxygens (including phenoxy) is 1. The van der Waals surface area contributed by atoms with E-state index in [9.17, 15) is 4.79 Å². The number of primary amides is 1. The first-order valence-corrected chi connectivity index (χ1v) is 9.57. The summed E-state index contributed by atoms with van der Waals surface area (Å²) in [6.07, 6.45) is 2.55. The van der Waals surface area contributed by atoms with E-state index in [0.717, 1.165) is 48.7 Å². The number of aliphatic imine (C=N–C) groups is 1. The van der Waals surface area contributed by atoms with Crippen LogP contribution in [-0.2, 0) is 4.79 Å². The van der Waals surface area contributed by atoms with Crippen LogP contribution >= 0.6 is 39.9 Å². The summed E-state index contributed by atoms with van der Waals surface area (Å²) in [7, 11) is 0. The number of rotatable bonds is 7. The van der Waals surface area contributed by atoms with E-state index in [4.69, 9.17) is 10.5 Å². The first kappa shape index (κ1) is 23.0. The highest BCUT2D eigenvalue weighted by molar-refractivity contribution is 14.0. The molecule has 1 amide bonds. The second kappa shape index (κ2) is 12.4. The lowest BCUT2D eigenvalue weighted by molar-refractivity contribution is -0.119. The SMILES string of the molecule is CCNC(=NCCOc1ccc(Br)cc1)N1CCCC(CC(N)=O)C1.I. The largest absolute Gasteiger partial charge is 0.492 e. The maximum absolute atomic E-state index is 11.2. The lowest BCUT2D eigenvalue weighted by Gasteiger charge is -2.34. The first-order valence-electron chi connectivity index (χ1n) is 8.78. The highest BCUT2D eigenvalue weighted by atomic mass is 127. The van der Waals surface area contributed by atoms with Gasteiger partial charge in [-0.05, 0) is 49.9 Å². The number of amides is 1. The van der Waals surface area contributed by atoms with E-state index in [1.807, 2.05) is 24.3 Å². The van der Waals surface area contributed by atoms with Gasteiger partial charge in [0.2, 0.25) is 5.91 Å². The summed E-state index contributed by atoms with van der Waals surface area (Å²) in [4.78, 5) is 18.1. The Morgan fingerprint density at radius 3 is 2.81 bits per heavy atom. The van der Waals surface area contributed by atoms with Gasteiger partial charge in [0.1, 0.15) is 12.4 Å². The third-order valence-corrected chi connectivity index (χ3v) is 4.61. The fraction of sp³-hybridized carbons (Fsp3) is 0.556. The molecule has 1 atom stereocenters. The molecule has 0 aliphatic carbocycles. The van der Waals surface area contributed by atoms with Gasteiger partial charge in [0.05, 0.1) is 6.54 Å². The Balaban J connectivity index is 0.00000338. The second-order valence-electron chi connectivity index (χ2n) is 6.16. The Morgan fingerprint density at radius 2 is 2.15 bits per heavy atom. The van der Waals surface area contributed by atoms with Crippen LogP contribution in [0.3, 0.4) is 0 Å². The number of guanidine groups is 1. The number of nitrogens with zero attached hydrogens (tertiary/aromatic N) is 2. The summed E-state index contributed by atoms with van der Waals surface area (Å²) in [6, 6.07) is 7.76. The average Bonchev–Trinajstić information content (AvgIpc) is 2.59. The Bertz CT molecular complexity index is 583. The zero-order valence-electron chi connectivity index (χ0n) is 15.1. The van der Waals surface area contributed by atoms with Gasteiger partial charge in [-0.15, -0.1) is 24.0 Å². The Hall–Kier alpha value is -1.03. The van der Waals surface area contributed by atoms with Gasteiger partial charge in [0.25, 0.3) is 0 Å². The molecule has 3 N–H and O–H groups in total. The summed E-state index contributed by atoms with van der Waals surface area (Å²) in [5.41, 5.74) is 5.34. The number of hydrogen-bond donors (Lipinski definition) is 2. The van der Waals surface area contributed by atoms with E-state index < -0.39 is 0 Å². The minimum absolute atomic E-state index is 0. The zero-order valence-corrected chi connectivity index (χ0v) is 19.0. The molecule has 1 aromatic carbocycles. The predicted molar refractivity (Wildman–Crippen MR) is 119 cm³/mol. The molecule has 1 unspecified atom stereocenters. The summed E-state index contributed by atoms with van der Waals surface area (Å²) in [6.45, 7) is 5.74. The number of carbonyl (C=O) groups excluding carboxylic acids is 1. The quantitative estimate of drug-likeness (QED) is 0.242. The molecule has 26 heavy (non-hydrogen) atoms. The van der Waals surface area contributed by atoms with Crippen molar-refractivity contribution in [3.8, 4) is 5.75 Å².